The lowest BCUT2D eigenvalue weighted by atomic mass is 10.1. The molecule has 1 N–H and O–H groups in total. The van der Waals surface area contributed by atoms with E-state index in [2.05, 4.69) is 15.9 Å². The number of rotatable bonds is 4. The van der Waals surface area contributed by atoms with Crippen LogP contribution in [0.2, 0.25) is 0 Å². The van der Waals surface area contributed by atoms with Crippen molar-refractivity contribution in [3.05, 3.63) is 58.1 Å². The number of nitrogens with zero attached hydrogens (tertiary/aromatic N) is 1. The summed E-state index contributed by atoms with van der Waals surface area (Å²) >= 11 is 3.35. The molecule has 0 aliphatic carbocycles. The molecule has 0 radical (unpaired) electrons. The average Bonchev–Trinajstić information content (AvgIpc) is 2.80. The van der Waals surface area contributed by atoms with Crippen molar-refractivity contribution in [2.75, 3.05) is 0 Å². The van der Waals surface area contributed by atoms with Crippen LogP contribution in [0.25, 0.3) is 0 Å². The molecule has 0 aliphatic rings. The van der Waals surface area contributed by atoms with Gasteiger partial charge in [-0.15, -0.1) is 0 Å². The normalized spacial score (nSPS) is 12.7. The van der Waals surface area contributed by atoms with Crippen molar-refractivity contribution in [2.24, 2.45) is 0 Å². The third-order valence-corrected chi connectivity index (χ3v) is 3.65. The van der Waals surface area contributed by atoms with E-state index in [9.17, 15) is 9.50 Å². The maximum Gasteiger partial charge on any atom is 0.124 e. The molecule has 0 bridgehead atoms. The second kappa shape index (κ2) is 5.67. The Morgan fingerprint density at radius 2 is 2.17 bits per heavy atom. The standard InChI is InChI=1S/C14H15BrFNO/c1-2-14(18)11-5-6-17(9-11)8-10-3-4-12(16)7-13(10)15/h3-7,9,14,18H,2,8H2,1H3. The molecular weight excluding hydrogens is 297 g/mol. The zero-order valence-electron chi connectivity index (χ0n) is 10.1. The van der Waals surface area contributed by atoms with Crippen molar-refractivity contribution in [3.63, 3.8) is 0 Å². The number of hydrogen-bond acceptors (Lipinski definition) is 1. The summed E-state index contributed by atoms with van der Waals surface area (Å²) in [7, 11) is 0. The fraction of sp³-hybridized carbons (Fsp3) is 0.286. The van der Waals surface area contributed by atoms with Gasteiger partial charge in [0, 0.05) is 23.4 Å². The Morgan fingerprint density at radius 1 is 1.39 bits per heavy atom. The van der Waals surface area contributed by atoms with Gasteiger partial charge >= 0.3 is 0 Å². The Balaban J connectivity index is 2.16. The number of benzene rings is 1. The van der Waals surface area contributed by atoms with Crippen LogP contribution in [0.5, 0.6) is 0 Å². The van der Waals surface area contributed by atoms with E-state index in [-0.39, 0.29) is 5.82 Å². The number of aliphatic hydroxyl groups excluding tert-OH is 1. The van der Waals surface area contributed by atoms with Crippen LogP contribution < -0.4 is 0 Å². The van der Waals surface area contributed by atoms with Gasteiger partial charge in [0.2, 0.25) is 0 Å². The van der Waals surface area contributed by atoms with Gasteiger partial charge in [0.1, 0.15) is 5.82 Å². The van der Waals surface area contributed by atoms with Crippen molar-refractivity contribution in [3.8, 4) is 0 Å². The maximum atomic E-state index is 13.0. The lowest BCUT2D eigenvalue weighted by molar-refractivity contribution is 0.173. The van der Waals surface area contributed by atoms with E-state index in [1.807, 2.05) is 30.0 Å². The third kappa shape index (κ3) is 3.00. The van der Waals surface area contributed by atoms with Crippen molar-refractivity contribution in [1.29, 1.82) is 0 Å². The smallest absolute Gasteiger partial charge is 0.124 e. The SMILES string of the molecule is CCC(O)c1ccn(Cc2ccc(F)cc2Br)c1. The predicted octanol–water partition coefficient (Wildman–Crippen LogP) is 3.88. The van der Waals surface area contributed by atoms with Gasteiger partial charge in [-0.1, -0.05) is 28.9 Å². The maximum absolute atomic E-state index is 13.0. The topological polar surface area (TPSA) is 25.2 Å². The second-order valence-corrected chi connectivity index (χ2v) is 5.13. The molecule has 1 aromatic heterocycles. The zero-order chi connectivity index (χ0) is 13.1. The van der Waals surface area contributed by atoms with Crippen LogP contribution >= 0.6 is 15.9 Å². The first-order valence-electron chi connectivity index (χ1n) is 5.88. The Morgan fingerprint density at radius 3 is 2.83 bits per heavy atom. The summed E-state index contributed by atoms with van der Waals surface area (Å²) in [5.74, 6) is -0.250. The molecule has 2 aromatic rings. The molecule has 1 aromatic carbocycles. The number of aromatic nitrogens is 1. The molecule has 1 unspecified atom stereocenters. The van der Waals surface area contributed by atoms with Crippen LogP contribution in [0.15, 0.2) is 41.1 Å². The van der Waals surface area contributed by atoms with Gasteiger partial charge in [-0.05, 0) is 35.7 Å². The molecule has 0 spiro atoms. The molecular formula is C14H15BrFNO. The van der Waals surface area contributed by atoms with Crippen molar-refractivity contribution in [2.45, 2.75) is 26.0 Å². The van der Waals surface area contributed by atoms with Gasteiger partial charge < -0.3 is 9.67 Å². The molecule has 18 heavy (non-hydrogen) atoms. The molecule has 1 heterocycles. The van der Waals surface area contributed by atoms with E-state index in [1.165, 1.54) is 12.1 Å². The van der Waals surface area contributed by atoms with Crippen LogP contribution in [0.1, 0.15) is 30.6 Å². The third-order valence-electron chi connectivity index (χ3n) is 2.91. The van der Waals surface area contributed by atoms with Crippen LogP contribution in [-0.4, -0.2) is 9.67 Å². The molecule has 0 amide bonds. The fourth-order valence-electron chi connectivity index (χ4n) is 1.84. The van der Waals surface area contributed by atoms with Crippen LogP contribution in [0, 0.1) is 5.82 Å². The molecule has 0 fully saturated rings. The molecule has 96 valence electrons. The first kappa shape index (κ1) is 13.3. The predicted molar refractivity (Wildman–Crippen MR) is 72.9 cm³/mol. The van der Waals surface area contributed by atoms with Gasteiger partial charge in [-0.2, -0.15) is 0 Å². The molecule has 2 rings (SSSR count). The summed E-state index contributed by atoms with van der Waals surface area (Å²) < 4.78 is 15.7. The number of halogens is 2. The summed E-state index contributed by atoms with van der Waals surface area (Å²) in [4.78, 5) is 0. The van der Waals surface area contributed by atoms with E-state index in [0.29, 0.717) is 13.0 Å². The molecule has 0 saturated heterocycles. The Hall–Kier alpha value is -1.13. The molecule has 4 heteroatoms. The van der Waals surface area contributed by atoms with Crippen LogP contribution in [0.4, 0.5) is 4.39 Å². The minimum absolute atomic E-state index is 0.250. The highest BCUT2D eigenvalue weighted by atomic mass is 79.9. The number of aliphatic hydroxyl groups is 1. The minimum atomic E-state index is -0.414. The summed E-state index contributed by atoms with van der Waals surface area (Å²) in [5, 5.41) is 9.73. The monoisotopic (exact) mass is 311 g/mol. The fourth-order valence-corrected chi connectivity index (χ4v) is 2.31. The van der Waals surface area contributed by atoms with E-state index in [0.717, 1.165) is 15.6 Å². The number of hydrogen-bond donors (Lipinski definition) is 1. The molecule has 1 atom stereocenters. The summed E-state index contributed by atoms with van der Waals surface area (Å²) in [6.07, 6.45) is 4.13. The first-order chi connectivity index (χ1) is 8.60. The lowest BCUT2D eigenvalue weighted by Gasteiger charge is -2.07. The summed E-state index contributed by atoms with van der Waals surface area (Å²) in [6, 6.07) is 6.58. The van der Waals surface area contributed by atoms with Gasteiger partial charge in [0.25, 0.3) is 0 Å². The molecule has 2 nitrogen and oxygen atoms in total. The van der Waals surface area contributed by atoms with Crippen LogP contribution in [0.3, 0.4) is 0 Å². The second-order valence-electron chi connectivity index (χ2n) is 4.28. The largest absolute Gasteiger partial charge is 0.388 e. The summed E-state index contributed by atoms with van der Waals surface area (Å²) in [6.45, 7) is 2.59. The van der Waals surface area contributed by atoms with E-state index in [1.54, 1.807) is 6.07 Å². The Bertz CT molecular complexity index is 538. The van der Waals surface area contributed by atoms with Gasteiger partial charge in [0.15, 0.2) is 0 Å². The quantitative estimate of drug-likeness (QED) is 0.910. The lowest BCUT2D eigenvalue weighted by Crippen LogP contribution is -1.98. The molecule has 0 aliphatic heterocycles. The first-order valence-corrected chi connectivity index (χ1v) is 6.67. The Kier molecular flexibility index (Phi) is 4.19. The van der Waals surface area contributed by atoms with Gasteiger partial charge in [-0.3, -0.25) is 0 Å². The minimum Gasteiger partial charge on any atom is -0.388 e. The van der Waals surface area contributed by atoms with Crippen molar-refractivity contribution < 1.29 is 9.50 Å². The highest BCUT2D eigenvalue weighted by molar-refractivity contribution is 9.10. The summed E-state index contributed by atoms with van der Waals surface area (Å²) in [5.41, 5.74) is 1.92. The highest BCUT2D eigenvalue weighted by Gasteiger charge is 2.07. The van der Waals surface area contributed by atoms with Crippen molar-refractivity contribution in [1.82, 2.24) is 4.57 Å². The van der Waals surface area contributed by atoms with E-state index < -0.39 is 6.10 Å². The van der Waals surface area contributed by atoms with E-state index >= 15 is 0 Å². The van der Waals surface area contributed by atoms with Gasteiger partial charge in [0.05, 0.1) is 6.10 Å². The van der Waals surface area contributed by atoms with Crippen LogP contribution in [-0.2, 0) is 6.54 Å². The zero-order valence-corrected chi connectivity index (χ0v) is 11.7. The average molecular weight is 312 g/mol. The highest BCUT2D eigenvalue weighted by Crippen LogP contribution is 2.21. The van der Waals surface area contributed by atoms with Gasteiger partial charge in [-0.25, -0.2) is 4.39 Å². The molecule has 0 saturated carbocycles. The van der Waals surface area contributed by atoms with E-state index in [4.69, 9.17) is 0 Å². The van der Waals surface area contributed by atoms with Crippen molar-refractivity contribution >= 4 is 15.9 Å². The Labute approximate surface area is 114 Å².